The third-order valence-corrected chi connectivity index (χ3v) is 10.3. The lowest BCUT2D eigenvalue weighted by molar-refractivity contribution is -0.118. The molecule has 2 aliphatic rings. The van der Waals surface area contributed by atoms with Crippen molar-refractivity contribution in [2.45, 2.75) is 89.6 Å². The third-order valence-electron chi connectivity index (χ3n) is 9.80. The Bertz CT molecular complexity index is 1830. The van der Waals surface area contributed by atoms with Crippen molar-refractivity contribution in [3.8, 4) is 5.75 Å². The van der Waals surface area contributed by atoms with E-state index in [9.17, 15) is 14.4 Å². The van der Waals surface area contributed by atoms with Crippen molar-refractivity contribution < 1.29 is 42.1 Å². The Morgan fingerprint density at radius 1 is 1.04 bits per heavy atom. The Kier molecular flexibility index (Phi) is 12.6. The molecule has 1 unspecified atom stereocenters. The largest absolute Gasteiger partial charge is 0.495 e. The van der Waals surface area contributed by atoms with Crippen molar-refractivity contribution in [3.63, 3.8) is 0 Å². The van der Waals surface area contributed by atoms with Crippen LogP contribution in [-0.4, -0.2) is 62.7 Å². The summed E-state index contributed by atoms with van der Waals surface area (Å²) in [6.45, 7) is 10.4. The van der Waals surface area contributed by atoms with Crippen molar-refractivity contribution in [2.75, 3.05) is 25.6 Å². The first kappa shape index (κ1) is 40.2. The van der Waals surface area contributed by atoms with Crippen LogP contribution in [-0.2, 0) is 24.4 Å². The molecule has 10 nitrogen and oxygen atoms in total. The van der Waals surface area contributed by atoms with E-state index in [4.69, 9.17) is 42.1 Å². The highest BCUT2D eigenvalue weighted by Crippen LogP contribution is 2.53. The second-order valence-electron chi connectivity index (χ2n) is 14.8. The first-order chi connectivity index (χ1) is 25.0. The van der Waals surface area contributed by atoms with E-state index in [1.807, 2.05) is 27.7 Å². The Morgan fingerprint density at radius 2 is 1.75 bits per heavy atom. The molecule has 2 heterocycles. The van der Waals surface area contributed by atoms with Gasteiger partial charge in [-0.3, -0.25) is 4.79 Å². The number of esters is 1. The Morgan fingerprint density at radius 3 is 2.42 bits per heavy atom. The molecular formula is C39H45Cl2F2N3O7. The van der Waals surface area contributed by atoms with Crippen LogP contribution in [0.25, 0.3) is 0 Å². The van der Waals surface area contributed by atoms with E-state index in [0.717, 1.165) is 0 Å². The summed E-state index contributed by atoms with van der Waals surface area (Å²) in [6.07, 6.45) is -0.125. The summed E-state index contributed by atoms with van der Waals surface area (Å²) in [5.41, 5.74) is -0.776. The number of carbonyl (C=O) groups is 3. The third kappa shape index (κ3) is 9.23. The minimum absolute atomic E-state index is 0.0639. The van der Waals surface area contributed by atoms with Crippen molar-refractivity contribution in [2.24, 2.45) is 5.41 Å². The van der Waals surface area contributed by atoms with Crippen LogP contribution in [0.2, 0.25) is 10.0 Å². The van der Waals surface area contributed by atoms with E-state index in [0.29, 0.717) is 32.5 Å². The minimum atomic E-state index is -1.20. The number of halogens is 4. The van der Waals surface area contributed by atoms with Crippen LogP contribution in [0.4, 0.5) is 19.3 Å². The van der Waals surface area contributed by atoms with Gasteiger partial charge in [-0.15, -0.1) is 0 Å². The topological polar surface area (TPSA) is 124 Å². The van der Waals surface area contributed by atoms with Crippen LogP contribution in [0, 0.1) is 17.0 Å². The predicted molar refractivity (Wildman–Crippen MR) is 198 cm³/mol. The standard InChI is InChI=1S/C39H45Cl2F2N3O7/c1-21(53-37(49)44-24-14-16-51-17-15-24)52-36(48)22-10-13-29(30(18-22)50-6)45-35(47)34-32(25-8-7-9-27(41)33(25)43)39(5,31(46-34)20-38(2,3)4)26-12-11-23(40)19-28(26)42/h7-13,18-19,21,24,31-32,34,46H,14-17,20H2,1-6H3,(H,44,49)(H,45,47)/t21?,31-,32-,34+,39-/m0/s1. The van der Waals surface area contributed by atoms with Crippen LogP contribution in [0.15, 0.2) is 54.6 Å². The van der Waals surface area contributed by atoms with Gasteiger partial charge in [-0.1, -0.05) is 69.1 Å². The average molecular weight is 777 g/mol. The first-order valence-electron chi connectivity index (χ1n) is 17.4. The molecule has 2 fully saturated rings. The molecule has 3 aromatic rings. The number of benzene rings is 3. The van der Waals surface area contributed by atoms with Crippen molar-refractivity contribution in [3.05, 3.63) is 93.0 Å². The molecule has 0 aliphatic carbocycles. The van der Waals surface area contributed by atoms with Crippen LogP contribution in [0.3, 0.4) is 0 Å². The van der Waals surface area contributed by atoms with Gasteiger partial charge in [0, 0.05) is 48.6 Å². The molecule has 0 radical (unpaired) electrons. The fourth-order valence-electron chi connectivity index (χ4n) is 7.27. The number of ether oxygens (including phenoxy) is 4. The Hall–Kier alpha value is -3.97. The normalized spacial score (nSPS) is 22.5. The van der Waals surface area contributed by atoms with Crippen molar-refractivity contribution in [1.29, 1.82) is 0 Å². The fourth-order valence-corrected chi connectivity index (χ4v) is 7.61. The molecule has 53 heavy (non-hydrogen) atoms. The van der Waals surface area contributed by atoms with Crippen LogP contribution in [0.1, 0.15) is 81.3 Å². The molecule has 286 valence electrons. The fraction of sp³-hybridized carbons (Fsp3) is 0.462. The summed E-state index contributed by atoms with van der Waals surface area (Å²) >= 11 is 12.4. The molecule has 14 heteroatoms. The van der Waals surface area contributed by atoms with Gasteiger partial charge < -0.3 is 34.9 Å². The summed E-state index contributed by atoms with van der Waals surface area (Å²) < 4.78 is 53.3. The number of rotatable bonds is 10. The zero-order valence-corrected chi connectivity index (χ0v) is 32.0. The maximum atomic E-state index is 16.0. The summed E-state index contributed by atoms with van der Waals surface area (Å²) in [6, 6.07) is 11.5. The first-order valence-corrected chi connectivity index (χ1v) is 18.2. The maximum absolute atomic E-state index is 16.0. The SMILES string of the molecule is COc1cc(C(=O)OC(C)OC(=O)NC2CCOCC2)ccc1NC(=O)[C@@H]1N[C@@H](CC(C)(C)C)[C@](C)(c2ccc(Cl)cc2F)[C@H]1c1cccc(Cl)c1F. The number of methoxy groups -OCH3 is 1. The van der Waals surface area contributed by atoms with Crippen LogP contribution < -0.4 is 20.7 Å². The summed E-state index contributed by atoms with van der Waals surface area (Å²) in [5, 5.41) is 9.10. The molecule has 5 atom stereocenters. The maximum Gasteiger partial charge on any atom is 0.410 e. The number of alkyl carbamates (subject to hydrolysis) is 1. The van der Waals surface area contributed by atoms with E-state index < -0.39 is 59.3 Å². The zero-order valence-electron chi connectivity index (χ0n) is 30.5. The average Bonchev–Trinajstić information content (AvgIpc) is 3.36. The van der Waals surface area contributed by atoms with Gasteiger partial charge in [-0.25, -0.2) is 18.4 Å². The number of amides is 2. The molecular weight excluding hydrogens is 731 g/mol. The number of nitrogens with one attached hydrogen (secondary N) is 3. The number of hydrogen-bond donors (Lipinski definition) is 3. The van der Waals surface area contributed by atoms with E-state index in [2.05, 4.69) is 16.0 Å². The monoisotopic (exact) mass is 775 g/mol. The lowest BCUT2D eigenvalue weighted by Gasteiger charge is -2.40. The van der Waals surface area contributed by atoms with Gasteiger partial charge >= 0.3 is 12.1 Å². The van der Waals surface area contributed by atoms with E-state index in [-0.39, 0.29) is 49.6 Å². The summed E-state index contributed by atoms with van der Waals surface area (Å²) in [7, 11) is 1.37. The second kappa shape index (κ2) is 16.6. The van der Waals surface area contributed by atoms with E-state index in [1.54, 1.807) is 24.3 Å². The van der Waals surface area contributed by atoms with Crippen LogP contribution in [0.5, 0.6) is 5.75 Å². The highest BCUT2D eigenvalue weighted by atomic mass is 35.5. The zero-order chi connectivity index (χ0) is 38.7. The van der Waals surface area contributed by atoms with E-state index in [1.165, 1.54) is 44.4 Å². The second-order valence-corrected chi connectivity index (χ2v) is 15.6. The minimum Gasteiger partial charge on any atom is -0.495 e. The van der Waals surface area contributed by atoms with Gasteiger partial charge in [-0.2, -0.15) is 0 Å². The summed E-state index contributed by atoms with van der Waals surface area (Å²) in [5.74, 6) is -3.48. The van der Waals surface area contributed by atoms with Crippen molar-refractivity contribution >= 4 is 46.9 Å². The van der Waals surface area contributed by atoms with Gasteiger partial charge in [0.25, 0.3) is 0 Å². The molecule has 0 spiro atoms. The molecule has 2 amide bonds. The van der Waals surface area contributed by atoms with Crippen LogP contribution >= 0.6 is 23.2 Å². The summed E-state index contributed by atoms with van der Waals surface area (Å²) in [4.78, 5) is 39.7. The molecule has 2 aliphatic heterocycles. The Balaban J connectivity index is 1.42. The Labute approximate surface area is 318 Å². The van der Waals surface area contributed by atoms with Gasteiger partial charge in [0.2, 0.25) is 12.2 Å². The van der Waals surface area contributed by atoms with E-state index >= 15 is 8.78 Å². The lowest BCUT2D eigenvalue weighted by Crippen LogP contribution is -2.44. The van der Waals surface area contributed by atoms with Gasteiger partial charge in [0.05, 0.1) is 29.4 Å². The number of anilines is 1. The molecule has 2 saturated heterocycles. The lowest BCUT2D eigenvalue weighted by atomic mass is 9.63. The molecule has 5 rings (SSSR count). The molecule has 3 N–H and O–H groups in total. The quantitative estimate of drug-likeness (QED) is 0.139. The number of hydrogen-bond acceptors (Lipinski definition) is 8. The molecule has 0 bridgehead atoms. The van der Waals surface area contributed by atoms with Gasteiger partial charge in [0.1, 0.15) is 17.4 Å². The number of carbonyl (C=O) groups excluding carboxylic acids is 3. The molecule has 3 aromatic carbocycles. The highest BCUT2D eigenvalue weighted by Gasteiger charge is 2.57. The smallest absolute Gasteiger partial charge is 0.410 e. The molecule has 0 aromatic heterocycles. The highest BCUT2D eigenvalue weighted by molar-refractivity contribution is 6.31. The molecule has 0 saturated carbocycles. The van der Waals surface area contributed by atoms with Gasteiger partial charge in [-0.05, 0) is 72.2 Å². The van der Waals surface area contributed by atoms with Crippen molar-refractivity contribution in [1.82, 2.24) is 10.6 Å². The predicted octanol–water partition coefficient (Wildman–Crippen LogP) is 8.15. The van der Waals surface area contributed by atoms with Gasteiger partial charge in [0.15, 0.2) is 0 Å².